The summed E-state index contributed by atoms with van der Waals surface area (Å²) in [7, 11) is 1.52. The molecule has 1 amide bonds. The number of carbonyl (C=O) groups is 1. The van der Waals surface area contributed by atoms with E-state index in [0.29, 0.717) is 17.1 Å². The van der Waals surface area contributed by atoms with Crippen LogP contribution < -0.4 is 15.6 Å². The van der Waals surface area contributed by atoms with Crippen molar-refractivity contribution >= 4 is 22.4 Å². The Labute approximate surface area is 161 Å². The maximum atomic E-state index is 12.5. The minimum atomic E-state index is -0.490. The molecule has 5 heteroatoms. The summed E-state index contributed by atoms with van der Waals surface area (Å²) in [6, 6.07) is 24.3. The minimum Gasteiger partial charge on any atom is -0.495 e. The van der Waals surface area contributed by atoms with Crippen molar-refractivity contribution in [1.29, 1.82) is 0 Å². The largest absolute Gasteiger partial charge is 0.495 e. The van der Waals surface area contributed by atoms with Crippen LogP contribution in [0.1, 0.15) is 10.4 Å². The lowest BCUT2D eigenvalue weighted by molar-refractivity contribution is 0.102. The first-order chi connectivity index (χ1) is 13.7. The molecule has 1 heterocycles. The molecule has 3 aromatic carbocycles. The number of hydrogen-bond acceptors (Lipinski definition) is 3. The van der Waals surface area contributed by atoms with Gasteiger partial charge in [0.05, 0.1) is 12.8 Å². The van der Waals surface area contributed by atoms with Gasteiger partial charge in [0.2, 0.25) is 0 Å². The molecule has 0 aliphatic heterocycles. The first-order valence-corrected chi connectivity index (χ1v) is 8.82. The number of fused-ring (bicyclic) bond motifs is 1. The molecule has 5 nitrogen and oxygen atoms in total. The van der Waals surface area contributed by atoms with Gasteiger partial charge in [-0.05, 0) is 46.7 Å². The third-order valence-corrected chi connectivity index (χ3v) is 4.57. The van der Waals surface area contributed by atoms with Gasteiger partial charge in [-0.15, -0.1) is 0 Å². The fourth-order valence-electron chi connectivity index (χ4n) is 3.12. The molecule has 0 bridgehead atoms. The Hall–Kier alpha value is -3.86. The van der Waals surface area contributed by atoms with Gasteiger partial charge in [0.25, 0.3) is 11.5 Å². The quantitative estimate of drug-likeness (QED) is 0.557. The molecule has 4 aromatic rings. The summed E-state index contributed by atoms with van der Waals surface area (Å²) in [5.74, 6) is 0.0378. The highest BCUT2D eigenvalue weighted by atomic mass is 16.5. The van der Waals surface area contributed by atoms with E-state index in [2.05, 4.69) is 10.3 Å². The summed E-state index contributed by atoms with van der Waals surface area (Å²) in [4.78, 5) is 27.9. The van der Waals surface area contributed by atoms with Crippen molar-refractivity contribution in [3.63, 3.8) is 0 Å². The Morgan fingerprint density at radius 2 is 1.64 bits per heavy atom. The third kappa shape index (κ3) is 3.38. The van der Waals surface area contributed by atoms with Crippen molar-refractivity contribution in [3.8, 4) is 17.0 Å². The molecule has 28 heavy (non-hydrogen) atoms. The number of hydrogen-bond donors (Lipinski definition) is 2. The van der Waals surface area contributed by atoms with Gasteiger partial charge in [-0.2, -0.15) is 0 Å². The number of amides is 1. The molecular formula is C23H18N2O3. The predicted octanol–water partition coefficient (Wildman–Crippen LogP) is 4.46. The predicted molar refractivity (Wildman–Crippen MR) is 111 cm³/mol. The highest BCUT2D eigenvalue weighted by Crippen LogP contribution is 2.24. The molecule has 0 fully saturated rings. The Kier molecular flexibility index (Phi) is 4.64. The van der Waals surface area contributed by atoms with Crippen LogP contribution in [0, 0.1) is 0 Å². The van der Waals surface area contributed by atoms with Crippen LogP contribution in [0.4, 0.5) is 5.69 Å². The second-order valence-corrected chi connectivity index (χ2v) is 6.33. The van der Waals surface area contributed by atoms with E-state index in [9.17, 15) is 9.59 Å². The zero-order valence-corrected chi connectivity index (χ0v) is 15.2. The Bertz CT molecular complexity index is 1230. The number of anilines is 1. The number of H-pyrrole nitrogens is 1. The molecule has 2 N–H and O–H groups in total. The fraction of sp³-hybridized carbons (Fsp3) is 0.0435. The van der Waals surface area contributed by atoms with E-state index in [1.54, 1.807) is 30.3 Å². The van der Waals surface area contributed by atoms with Gasteiger partial charge in [-0.25, -0.2) is 0 Å². The highest BCUT2D eigenvalue weighted by Gasteiger charge is 2.14. The number of pyridine rings is 1. The number of aromatic amines is 1. The number of methoxy groups -OCH3 is 1. The van der Waals surface area contributed by atoms with E-state index in [1.807, 2.05) is 42.5 Å². The molecule has 0 aliphatic rings. The third-order valence-electron chi connectivity index (χ3n) is 4.57. The number of aromatic nitrogens is 1. The fourth-order valence-corrected chi connectivity index (χ4v) is 3.12. The summed E-state index contributed by atoms with van der Waals surface area (Å²) in [6.07, 6.45) is 0. The summed E-state index contributed by atoms with van der Waals surface area (Å²) in [6.45, 7) is 0. The average Bonchev–Trinajstić information content (AvgIpc) is 2.73. The van der Waals surface area contributed by atoms with Crippen molar-refractivity contribution in [3.05, 3.63) is 94.8 Å². The maximum Gasteiger partial charge on any atom is 0.261 e. The normalized spacial score (nSPS) is 10.6. The number of carbonyl (C=O) groups excluding carboxylic acids is 1. The highest BCUT2D eigenvalue weighted by molar-refractivity contribution is 6.05. The summed E-state index contributed by atoms with van der Waals surface area (Å²) in [5.41, 5.74) is 1.64. The van der Waals surface area contributed by atoms with Gasteiger partial charge in [0, 0.05) is 5.69 Å². The Morgan fingerprint density at radius 1 is 0.893 bits per heavy atom. The molecule has 0 aliphatic carbocycles. The molecule has 0 atom stereocenters. The van der Waals surface area contributed by atoms with Crippen LogP contribution in [0.2, 0.25) is 0 Å². The summed E-state index contributed by atoms with van der Waals surface area (Å²) >= 11 is 0. The summed E-state index contributed by atoms with van der Waals surface area (Å²) in [5, 5.41) is 4.93. The zero-order valence-electron chi connectivity index (χ0n) is 15.2. The second kappa shape index (κ2) is 7.40. The molecule has 0 saturated heterocycles. The van der Waals surface area contributed by atoms with E-state index in [-0.39, 0.29) is 5.56 Å². The van der Waals surface area contributed by atoms with E-state index in [0.717, 1.165) is 16.3 Å². The topological polar surface area (TPSA) is 71.2 Å². The van der Waals surface area contributed by atoms with E-state index < -0.39 is 11.5 Å². The van der Waals surface area contributed by atoms with Crippen LogP contribution in [0.15, 0.2) is 83.7 Å². The molecule has 0 saturated carbocycles. The molecular weight excluding hydrogens is 352 g/mol. The molecule has 138 valence electrons. The smallest absolute Gasteiger partial charge is 0.261 e. The molecule has 1 aromatic heterocycles. The van der Waals surface area contributed by atoms with Crippen LogP contribution >= 0.6 is 0 Å². The lowest BCUT2D eigenvalue weighted by atomic mass is 10.0. The number of para-hydroxylation sites is 2. The van der Waals surface area contributed by atoms with Crippen molar-refractivity contribution in [2.45, 2.75) is 0 Å². The monoisotopic (exact) mass is 370 g/mol. The van der Waals surface area contributed by atoms with Gasteiger partial charge >= 0.3 is 0 Å². The average molecular weight is 370 g/mol. The maximum absolute atomic E-state index is 12.5. The van der Waals surface area contributed by atoms with Crippen molar-refractivity contribution < 1.29 is 9.53 Å². The second-order valence-electron chi connectivity index (χ2n) is 6.33. The minimum absolute atomic E-state index is 0.0374. The standard InChI is InChI=1S/C23H18N2O3/c1-28-21-9-5-4-8-20(21)25-23(27)18-12-13-19(24-22(18)26)17-11-10-15-6-2-3-7-16(15)14-17/h2-14H,1H3,(H,24,26)(H,25,27). The van der Waals surface area contributed by atoms with Crippen LogP contribution in [0.25, 0.3) is 22.0 Å². The van der Waals surface area contributed by atoms with E-state index >= 15 is 0 Å². The van der Waals surface area contributed by atoms with E-state index in [4.69, 9.17) is 4.74 Å². The Balaban J connectivity index is 1.63. The first kappa shape index (κ1) is 17.5. The van der Waals surface area contributed by atoms with Gasteiger partial charge in [-0.1, -0.05) is 48.5 Å². The van der Waals surface area contributed by atoms with Crippen molar-refractivity contribution in [2.24, 2.45) is 0 Å². The number of ether oxygens (including phenoxy) is 1. The molecule has 0 unspecified atom stereocenters. The molecule has 0 spiro atoms. The van der Waals surface area contributed by atoms with E-state index in [1.165, 1.54) is 13.2 Å². The van der Waals surface area contributed by atoms with Gasteiger partial charge < -0.3 is 15.0 Å². The lowest BCUT2D eigenvalue weighted by Gasteiger charge is -2.10. The van der Waals surface area contributed by atoms with Gasteiger partial charge in [0.15, 0.2) is 0 Å². The number of benzene rings is 3. The summed E-state index contributed by atoms with van der Waals surface area (Å²) < 4.78 is 5.22. The van der Waals surface area contributed by atoms with Gasteiger partial charge in [-0.3, -0.25) is 9.59 Å². The van der Waals surface area contributed by atoms with Crippen molar-refractivity contribution in [1.82, 2.24) is 4.98 Å². The lowest BCUT2D eigenvalue weighted by Crippen LogP contribution is -2.23. The SMILES string of the molecule is COc1ccccc1NC(=O)c1ccc(-c2ccc3ccccc3c2)[nH]c1=O. The van der Waals surface area contributed by atoms with Crippen molar-refractivity contribution in [2.75, 3.05) is 12.4 Å². The zero-order chi connectivity index (χ0) is 19.5. The van der Waals surface area contributed by atoms with Crippen LogP contribution in [-0.2, 0) is 0 Å². The Morgan fingerprint density at radius 3 is 2.43 bits per heavy atom. The molecule has 0 radical (unpaired) electrons. The van der Waals surface area contributed by atoms with Crippen LogP contribution in [-0.4, -0.2) is 18.0 Å². The van der Waals surface area contributed by atoms with Crippen LogP contribution in [0.3, 0.4) is 0 Å². The van der Waals surface area contributed by atoms with Crippen LogP contribution in [0.5, 0.6) is 5.75 Å². The first-order valence-electron chi connectivity index (χ1n) is 8.82. The number of rotatable bonds is 4. The number of nitrogens with one attached hydrogen (secondary N) is 2. The molecule has 4 rings (SSSR count). The van der Waals surface area contributed by atoms with Gasteiger partial charge in [0.1, 0.15) is 11.3 Å².